The van der Waals surface area contributed by atoms with Crippen LogP contribution < -0.4 is 5.32 Å². The van der Waals surface area contributed by atoms with E-state index in [4.69, 9.17) is 0 Å². The maximum Gasteiger partial charge on any atom is 0.0948 e. The zero-order valence-electron chi connectivity index (χ0n) is 9.28. The summed E-state index contributed by atoms with van der Waals surface area (Å²) in [5, 5.41) is 3.46. The lowest BCUT2D eigenvalue weighted by Gasteiger charge is -2.23. The Balaban J connectivity index is 2.02. The molecule has 15 heavy (non-hydrogen) atoms. The number of thioether (sulfide) groups is 1. The summed E-state index contributed by atoms with van der Waals surface area (Å²) in [5.74, 6) is 1.84. The van der Waals surface area contributed by atoms with Crippen molar-refractivity contribution in [2.45, 2.75) is 25.3 Å². The molecule has 0 amide bonds. The highest BCUT2D eigenvalue weighted by Crippen LogP contribution is 2.22. The van der Waals surface area contributed by atoms with E-state index >= 15 is 0 Å². The van der Waals surface area contributed by atoms with Crippen LogP contribution in [0.1, 0.15) is 24.5 Å². The van der Waals surface area contributed by atoms with Gasteiger partial charge in [0, 0.05) is 36.7 Å². The highest BCUT2D eigenvalue weighted by molar-refractivity contribution is 7.98. The molecule has 4 heteroatoms. The predicted octanol–water partition coefficient (Wildman–Crippen LogP) is 1.71. The van der Waals surface area contributed by atoms with Crippen molar-refractivity contribution in [2.24, 2.45) is 0 Å². The van der Waals surface area contributed by atoms with Gasteiger partial charge in [0.05, 0.1) is 6.33 Å². The van der Waals surface area contributed by atoms with Crippen LogP contribution in [-0.4, -0.2) is 34.6 Å². The molecule has 1 aromatic heterocycles. The average molecular weight is 225 g/mol. The van der Waals surface area contributed by atoms with Crippen molar-refractivity contribution >= 4 is 11.8 Å². The maximum atomic E-state index is 4.28. The van der Waals surface area contributed by atoms with Crippen LogP contribution in [0.15, 0.2) is 12.5 Å². The number of imidazole rings is 1. The molecule has 2 heterocycles. The summed E-state index contributed by atoms with van der Waals surface area (Å²) < 4.78 is 2.31. The molecule has 3 nitrogen and oxygen atoms in total. The molecule has 1 aliphatic heterocycles. The minimum Gasteiger partial charge on any atom is -0.333 e. The van der Waals surface area contributed by atoms with Gasteiger partial charge in [-0.3, -0.25) is 0 Å². The molecule has 0 bridgehead atoms. The van der Waals surface area contributed by atoms with Gasteiger partial charge in [0.25, 0.3) is 0 Å². The van der Waals surface area contributed by atoms with Crippen molar-refractivity contribution < 1.29 is 0 Å². The standard InChI is InChI=1S/C11H19N3S/c1-15-6-5-14-9-13-8-11(14)10-3-2-4-12-7-10/h8-10,12H,2-7H2,1H3. The van der Waals surface area contributed by atoms with Gasteiger partial charge in [-0.1, -0.05) is 0 Å². The summed E-state index contributed by atoms with van der Waals surface area (Å²) >= 11 is 1.89. The summed E-state index contributed by atoms with van der Waals surface area (Å²) in [6.45, 7) is 3.38. The third-order valence-corrected chi connectivity index (χ3v) is 3.59. The number of nitrogens with zero attached hydrogens (tertiary/aromatic N) is 2. The van der Waals surface area contributed by atoms with Crippen molar-refractivity contribution in [2.75, 3.05) is 25.1 Å². The van der Waals surface area contributed by atoms with Crippen LogP contribution >= 0.6 is 11.8 Å². The molecule has 0 spiro atoms. The zero-order chi connectivity index (χ0) is 10.5. The van der Waals surface area contributed by atoms with E-state index in [0.29, 0.717) is 5.92 Å². The van der Waals surface area contributed by atoms with E-state index in [2.05, 4.69) is 21.1 Å². The Morgan fingerprint density at radius 1 is 1.67 bits per heavy atom. The molecule has 1 aliphatic rings. The fourth-order valence-corrected chi connectivity index (χ4v) is 2.53. The SMILES string of the molecule is CSCCn1cncc1C1CCCNC1. The monoisotopic (exact) mass is 225 g/mol. The van der Waals surface area contributed by atoms with Crippen LogP contribution in [0.5, 0.6) is 0 Å². The first-order valence-corrected chi connectivity index (χ1v) is 7.01. The number of aromatic nitrogens is 2. The van der Waals surface area contributed by atoms with Crippen LogP contribution in [0.2, 0.25) is 0 Å². The molecule has 2 rings (SSSR count). The Bertz CT molecular complexity index is 292. The Labute approximate surface area is 95.7 Å². The molecule has 1 saturated heterocycles. The average Bonchev–Trinajstić information content (AvgIpc) is 2.75. The largest absolute Gasteiger partial charge is 0.333 e. The molecule has 1 atom stereocenters. The maximum absolute atomic E-state index is 4.28. The van der Waals surface area contributed by atoms with E-state index in [1.54, 1.807) is 0 Å². The van der Waals surface area contributed by atoms with Gasteiger partial charge in [0.2, 0.25) is 0 Å². The van der Waals surface area contributed by atoms with Gasteiger partial charge in [-0.2, -0.15) is 11.8 Å². The van der Waals surface area contributed by atoms with Crippen LogP contribution in [0.4, 0.5) is 0 Å². The van der Waals surface area contributed by atoms with Crippen LogP contribution in [0, 0.1) is 0 Å². The molecule has 0 radical (unpaired) electrons. The predicted molar refractivity (Wildman–Crippen MR) is 65.5 cm³/mol. The van der Waals surface area contributed by atoms with Gasteiger partial charge in [-0.15, -0.1) is 0 Å². The van der Waals surface area contributed by atoms with E-state index in [1.165, 1.54) is 30.8 Å². The highest BCUT2D eigenvalue weighted by Gasteiger charge is 2.18. The Morgan fingerprint density at radius 2 is 2.60 bits per heavy atom. The molecule has 1 N–H and O–H groups in total. The first-order chi connectivity index (χ1) is 7.42. The molecular formula is C11H19N3S. The molecule has 0 aromatic carbocycles. The van der Waals surface area contributed by atoms with Crippen molar-refractivity contribution in [3.05, 3.63) is 18.2 Å². The molecule has 0 saturated carbocycles. The number of nitrogens with one attached hydrogen (secondary N) is 1. The van der Waals surface area contributed by atoms with Crippen molar-refractivity contribution in [1.29, 1.82) is 0 Å². The second kappa shape index (κ2) is 5.56. The Kier molecular flexibility index (Phi) is 4.09. The molecule has 1 aromatic rings. The summed E-state index contributed by atoms with van der Waals surface area (Å²) in [7, 11) is 0. The van der Waals surface area contributed by atoms with E-state index in [9.17, 15) is 0 Å². The van der Waals surface area contributed by atoms with Gasteiger partial charge in [-0.25, -0.2) is 4.98 Å². The van der Waals surface area contributed by atoms with Crippen LogP contribution in [-0.2, 0) is 6.54 Å². The fourth-order valence-electron chi connectivity index (χ4n) is 2.15. The number of aryl methyl sites for hydroxylation is 1. The number of piperidine rings is 1. The van der Waals surface area contributed by atoms with Gasteiger partial charge in [0.15, 0.2) is 0 Å². The first kappa shape index (κ1) is 11.0. The van der Waals surface area contributed by atoms with Crippen LogP contribution in [0.3, 0.4) is 0 Å². The summed E-state index contributed by atoms with van der Waals surface area (Å²) in [5.41, 5.74) is 1.41. The first-order valence-electron chi connectivity index (χ1n) is 5.61. The van der Waals surface area contributed by atoms with Gasteiger partial charge < -0.3 is 9.88 Å². The highest BCUT2D eigenvalue weighted by atomic mass is 32.2. The van der Waals surface area contributed by atoms with Crippen molar-refractivity contribution in [3.63, 3.8) is 0 Å². The summed E-state index contributed by atoms with van der Waals surface area (Å²) in [4.78, 5) is 4.28. The molecule has 1 unspecified atom stereocenters. The van der Waals surface area contributed by atoms with E-state index in [-0.39, 0.29) is 0 Å². The Morgan fingerprint density at radius 3 is 3.33 bits per heavy atom. The normalized spacial score (nSPS) is 21.8. The van der Waals surface area contributed by atoms with E-state index in [0.717, 1.165) is 13.1 Å². The van der Waals surface area contributed by atoms with Crippen molar-refractivity contribution in [1.82, 2.24) is 14.9 Å². The lowest BCUT2D eigenvalue weighted by Crippen LogP contribution is -2.29. The number of hydrogen-bond acceptors (Lipinski definition) is 3. The minimum absolute atomic E-state index is 0.670. The van der Waals surface area contributed by atoms with E-state index < -0.39 is 0 Å². The minimum atomic E-state index is 0.670. The van der Waals surface area contributed by atoms with Crippen molar-refractivity contribution in [3.8, 4) is 0 Å². The quantitative estimate of drug-likeness (QED) is 0.846. The molecule has 84 valence electrons. The molecule has 0 aliphatic carbocycles. The van der Waals surface area contributed by atoms with Crippen LogP contribution in [0.25, 0.3) is 0 Å². The molecular weight excluding hydrogens is 206 g/mol. The van der Waals surface area contributed by atoms with E-state index in [1.807, 2.05) is 24.3 Å². The number of hydrogen-bond donors (Lipinski definition) is 1. The second-order valence-electron chi connectivity index (χ2n) is 4.05. The third-order valence-electron chi connectivity index (χ3n) is 3.00. The fraction of sp³-hybridized carbons (Fsp3) is 0.727. The topological polar surface area (TPSA) is 29.9 Å². The third kappa shape index (κ3) is 2.75. The summed E-state index contributed by atoms with van der Waals surface area (Å²) in [6.07, 6.45) is 8.76. The van der Waals surface area contributed by atoms with Gasteiger partial charge in [0.1, 0.15) is 0 Å². The second-order valence-corrected chi connectivity index (χ2v) is 5.03. The summed E-state index contributed by atoms with van der Waals surface area (Å²) in [6, 6.07) is 0. The zero-order valence-corrected chi connectivity index (χ0v) is 10.1. The Hall–Kier alpha value is -0.480. The lowest BCUT2D eigenvalue weighted by atomic mass is 9.96. The van der Waals surface area contributed by atoms with Gasteiger partial charge >= 0.3 is 0 Å². The lowest BCUT2D eigenvalue weighted by molar-refractivity contribution is 0.443. The number of rotatable bonds is 4. The molecule has 1 fully saturated rings. The van der Waals surface area contributed by atoms with Gasteiger partial charge in [-0.05, 0) is 25.6 Å². The smallest absolute Gasteiger partial charge is 0.0948 e.